The maximum atomic E-state index is 12.4. The summed E-state index contributed by atoms with van der Waals surface area (Å²) in [5.41, 5.74) is 2.06. The van der Waals surface area contributed by atoms with Gasteiger partial charge in [-0.15, -0.1) is 0 Å². The number of amides is 1. The molecule has 2 aromatic carbocycles. The number of carbonyl (C=O) groups excluding carboxylic acids is 1. The van der Waals surface area contributed by atoms with Crippen LogP contribution in [0.5, 0.6) is 0 Å². The molecule has 2 rings (SSSR count). The van der Waals surface area contributed by atoms with E-state index >= 15 is 0 Å². The van der Waals surface area contributed by atoms with Crippen LogP contribution in [0.4, 0.5) is 0 Å². The summed E-state index contributed by atoms with van der Waals surface area (Å²) in [6, 6.07) is 19.8. The molecule has 0 N–H and O–H groups in total. The first-order valence-electron chi connectivity index (χ1n) is 6.01. The van der Waals surface area contributed by atoms with Crippen LogP contribution in [-0.2, 0) is 21.3 Å². The standard InChI is InChI=1S/C16H17NO.Ni/c1-17(2)16(18)15(13-9-5-3-6-10-13)14-11-7-4-8-12-14;/h3-12,15H,1-2H3;. The van der Waals surface area contributed by atoms with Crippen molar-refractivity contribution in [3.63, 3.8) is 0 Å². The van der Waals surface area contributed by atoms with Crippen LogP contribution in [0.2, 0.25) is 0 Å². The topological polar surface area (TPSA) is 20.3 Å². The van der Waals surface area contributed by atoms with Crippen LogP contribution >= 0.6 is 0 Å². The first kappa shape index (κ1) is 15.5. The summed E-state index contributed by atoms with van der Waals surface area (Å²) in [6.07, 6.45) is 0. The van der Waals surface area contributed by atoms with Gasteiger partial charge < -0.3 is 4.90 Å². The van der Waals surface area contributed by atoms with E-state index in [0.717, 1.165) is 11.1 Å². The monoisotopic (exact) mass is 297 g/mol. The second-order valence-corrected chi connectivity index (χ2v) is 4.49. The van der Waals surface area contributed by atoms with E-state index in [1.165, 1.54) is 0 Å². The minimum atomic E-state index is -0.220. The van der Waals surface area contributed by atoms with Crippen LogP contribution < -0.4 is 0 Å². The summed E-state index contributed by atoms with van der Waals surface area (Å²) >= 11 is 0. The van der Waals surface area contributed by atoms with Gasteiger partial charge in [-0.2, -0.15) is 0 Å². The van der Waals surface area contributed by atoms with E-state index in [-0.39, 0.29) is 28.3 Å². The molecule has 0 heterocycles. The number of nitrogens with zero attached hydrogens (tertiary/aromatic N) is 1. The Morgan fingerprint density at radius 3 is 1.53 bits per heavy atom. The van der Waals surface area contributed by atoms with Crippen molar-refractivity contribution in [1.82, 2.24) is 4.90 Å². The van der Waals surface area contributed by atoms with Gasteiger partial charge in [-0.3, -0.25) is 4.79 Å². The quantitative estimate of drug-likeness (QED) is 0.798. The zero-order valence-corrected chi connectivity index (χ0v) is 12.0. The number of likely N-dealkylation sites (N-methyl/N-ethyl adjacent to an activating group) is 1. The van der Waals surface area contributed by atoms with E-state index < -0.39 is 0 Å². The van der Waals surface area contributed by atoms with Crippen molar-refractivity contribution in [1.29, 1.82) is 0 Å². The number of benzene rings is 2. The van der Waals surface area contributed by atoms with E-state index in [0.29, 0.717) is 0 Å². The Morgan fingerprint density at radius 1 is 0.842 bits per heavy atom. The molecule has 0 aliphatic rings. The molecule has 19 heavy (non-hydrogen) atoms. The van der Waals surface area contributed by atoms with Crippen molar-refractivity contribution in [2.75, 3.05) is 14.1 Å². The smallest absolute Gasteiger partial charge is 0.234 e. The fourth-order valence-electron chi connectivity index (χ4n) is 2.03. The van der Waals surface area contributed by atoms with Crippen LogP contribution in [0.3, 0.4) is 0 Å². The largest absolute Gasteiger partial charge is 0.348 e. The Morgan fingerprint density at radius 2 is 1.21 bits per heavy atom. The van der Waals surface area contributed by atoms with E-state index in [1.807, 2.05) is 60.7 Å². The zero-order chi connectivity index (χ0) is 13.0. The zero-order valence-electron chi connectivity index (χ0n) is 11.0. The van der Waals surface area contributed by atoms with Gasteiger partial charge in [0.2, 0.25) is 5.91 Å². The first-order valence-corrected chi connectivity index (χ1v) is 6.01. The molecule has 0 aliphatic heterocycles. The van der Waals surface area contributed by atoms with E-state index in [9.17, 15) is 4.79 Å². The van der Waals surface area contributed by atoms with Crippen LogP contribution in [0.15, 0.2) is 60.7 Å². The van der Waals surface area contributed by atoms with Gasteiger partial charge in [0, 0.05) is 30.6 Å². The molecular formula is C16H17NNiO. The Balaban J connectivity index is 0.00000180. The fourth-order valence-corrected chi connectivity index (χ4v) is 2.03. The molecule has 2 aromatic rings. The van der Waals surface area contributed by atoms with E-state index in [1.54, 1.807) is 19.0 Å². The Labute approximate surface area is 124 Å². The average Bonchev–Trinajstić information content (AvgIpc) is 2.41. The van der Waals surface area contributed by atoms with Gasteiger partial charge in [0.1, 0.15) is 0 Å². The van der Waals surface area contributed by atoms with Crippen molar-refractivity contribution in [2.45, 2.75) is 5.92 Å². The molecule has 0 saturated heterocycles. The number of rotatable bonds is 3. The molecule has 102 valence electrons. The van der Waals surface area contributed by atoms with Gasteiger partial charge in [0.05, 0.1) is 5.92 Å². The maximum Gasteiger partial charge on any atom is 0.234 e. The summed E-state index contributed by atoms with van der Waals surface area (Å²) in [6.45, 7) is 0. The van der Waals surface area contributed by atoms with Gasteiger partial charge in [-0.1, -0.05) is 60.7 Å². The molecular weight excluding hydrogens is 281 g/mol. The van der Waals surface area contributed by atoms with Crippen LogP contribution in [-0.4, -0.2) is 24.9 Å². The van der Waals surface area contributed by atoms with Crippen molar-refractivity contribution in [2.24, 2.45) is 0 Å². The molecule has 0 spiro atoms. The number of carbonyl (C=O) groups is 1. The first-order chi connectivity index (χ1) is 8.70. The molecule has 3 heteroatoms. The Kier molecular flexibility index (Phi) is 5.78. The van der Waals surface area contributed by atoms with Crippen LogP contribution in [0, 0.1) is 0 Å². The molecule has 0 bridgehead atoms. The summed E-state index contributed by atoms with van der Waals surface area (Å²) in [4.78, 5) is 14.0. The van der Waals surface area contributed by atoms with Crippen LogP contribution in [0.25, 0.3) is 0 Å². The summed E-state index contributed by atoms with van der Waals surface area (Å²) in [5, 5.41) is 0. The minimum absolute atomic E-state index is 0. The number of hydrogen-bond acceptors (Lipinski definition) is 1. The Bertz CT molecular complexity index is 471. The second-order valence-electron chi connectivity index (χ2n) is 4.49. The van der Waals surface area contributed by atoms with Gasteiger partial charge in [-0.05, 0) is 11.1 Å². The predicted octanol–water partition coefficient (Wildman–Crippen LogP) is 2.90. The van der Waals surface area contributed by atoms with Gasteiger partial charge in [0.25, 0.3) is 0 Å². The average molecular weight is 298 g/mol. The number of hydrogen-bond donors (Lipinski definition) is 0. The SMILES string of the molecule is CN(C)C(=O)C(c1ccccc1)c1ccccc1.[Ni]. The van der Waals surface area contributed by atoms with Gasteiger partial charge >= 0.3 is 0 Å². The molecule has 1 amide bonds. The normalized spacial score (nSPS) is 9.84. The van der Waals surface area contributed by atoms with E-state index in [4.69, 9.17) is 0 Å². The van der Waals surface area contributed by atoms with Crippen molar-refractivity contribution < 1.29 is 21.3 Å². The van der Waals surface area contributed by atoms with Gasteiger partial charge in [-0.25, -0.2) is 0 Å². The van der Waals surface area contributed by atoms with E-state index in [2.05, 4.69) is 0 Å². The second kappa shape index (κ2) is 7.11. The minimum Gasteiger partial charge on any atom is -0.348 e. The summed E-state index contributed by atoms with van der Waals surface area (Å²) < 4.78 is 0. The molecule has 0 aromatic heterocycles. The molecule has 2 nitrogen and oxygen atoms in total. The Hall–Kier alpha value is -1.60. The van der Waals surface area contributed by atoms with Crippen LogP contribution in [0.1, 0.15) is 17.0 Å². The third-order valence-corrected chi connectivity index (χ3v) is 2.95. The van der Waals surface area contributed by atoms with Crippen molar-refractivity contribution in [3.05, 3.63) is 71.8 Å². The summed E-state index contributed by atoms with van der Waals surface area (Å²) in [5.74, 6) is -0.116. The predicted molar refractivity (Wildman–Crippen MR) is 73.4 cm³/mol. The summed E-state index contributed by atoms with van der Waals surface area (Å²) in [7, 11) is 3.59. The third-order valence-electron chi connectivity index (χ3n) is 2.95. The molecule has 0 radical (unpaired) electrons. The molecule has 0 atom stereocenters. The fraction of sp³-hybridized carbons (Fsp3) is 0.188. The molecule has 0 fully saturated rings. The van der Waals surface area contributed by atoms with Crippen molar-refractivity contribution in [3.8, 4) is 0 Å². The maximum absolute atomic E-state index is 12.4. The molecule has 0 saturated carbocycles. The van der Waals surface area contributed by atoms with Gasteiger partial charge in [0.15, 0.2) is 0 Å². The third kappa shape index (κ3) is 3.68. The molecule has 0 aliphatic carbocycles. The molecule has 0 unspecified atom stereocenters. The van der Waals surface area contributed by atoms with Crippen molar-refractivity contribution >= 4 is 5.91 Å².